The zero-order chi connectivity index (χ0) is 13.8. The molecule has 3 nitrogen and oxygen atoms in total. The second-order valence-electron chi connectivity index (χ2n) is 5.04. The van der Waals surface area contributed by atoms with E-state index in [1.54, 1.807) is 12.5 Å². The number of rotatable bonds is 6. The van der Waals surface area contributed by atoms with Gasteiger partial charge < -0.3 is 5.11 Å². The van der Waals surface area contributed by atoms with Crippen LogP contribution in [-0.2, 0) is 0 Å². The molecule has 0 radical (unpaired) electrons. The first-order chi connectivity index (χ1) is 9.19. The molecule has 0 amide bonds. The van der Waals surface area contributed by atoms with E-state index < -0.39 is 6.10 Å². The lowest BCUT2D eigenvalue weighted by atomic mass is 9.90. The smallest absolute Gasteiger partial charge is 0.0995 e. The number of aromatic nitrogens is 2. The lowest BCUT2D eigenvalue weighted by Gasteiger charge is -2.24. The fourth-order valence-electron chi connectivity index (χ4n) is 2.70. The molecule has 2 heterocycles. The van der Waals surface area contributed by atoms with Gasteiger partial charge in [-0.05, 0) is 30.9 Å². The number of imidazole rings is 1. The standard InChI is InChI=1S/C15H21ClN2O/c1-3-5-11(6-4-2)15(19)14-13(16)8-7-12-9-17-10-18(12)14/h7-11,15,19H,3-6H2,1-2H3. The van der Waals surface area contributed by atoms with E-state index in [9.17, 15) is 5.11 Å². The van der Waals surface area contributed by atoms with Gasteiger partial charge in [0.1, 0.15) is 0 Å². The molecule has 0 saturated heterocycles. The summed E-state index contributed by atoms with van der Waals surface area (Å²) in [5, 5.41) is 11.3. The van der Waals surface area contributed by atoms with Crippen LogP contribution in [0.5, 0.6) is 0 Å². The number of fused-ring (bicyclic) bond motifs is 1. The van der Waals surface area contributed by atoms with Gasteiger partial charge in [0.05, 0.1) is 34.9 Å². The number of aliphatic hydroxyl groups excluding tert-OH is 1. The molecule has 4 heteroatoms. The largest absolute Gasteiger partial charge is 0.387 e. The number of aliphatic hydroxyl groups is 1. The van der Waals surface area contributed by atoms with Crippen molar-refractivity contribution in [3.8, 4) is 0 Å². The topological polar surface area (TPSA) is 37.5 Å². The Morgan fingerprint density at radius 3 is 2.58 bits per heavy atom. The summed E-state index contributed by atoms with van der Waals surface area (Å²) < 4.78 is 1.89. The zero-order valence-corrected chi connectivity index (χ0v) is 12.3. The van der Waals surface area contributed by atoms with E-state index >= 15 is 0 Å². The molecule has 1 N–H and O–H groups in total. The molecule has 2 aromatic rings. The molecule has 0 aliphatic rings. The molecule has 0 aliphatic heterocycles. The van der Waals surface area contributed by atoms with Gasteiger partial charge in [0.15, 0.2) is 0 Å². The molecule has 0 spiro atoms. The summed E-state index contributed by atoms with van der Waals surface area (Å²) in [4.78, 5) is 4.13. The first kappa shape index (κ1) is 14.4. The van der Waals surface area contributed by atoms with Crippen LogP contribution < -0.4 is 0 Å². The van der Waals surface area contributed by atoms with Crippen LogP contribution in [0.15, 0.2) is 24.7 Å². The Morgan fingerprint density at radius 2 is 1.95 bits per heavy atom. The number of hydrogen-bond acceptors (Lipinski definition) is 2. The summed E-state index contributed by atoms with van der Waals surface area (Å²) in [6.07, 6.45) is 7.12. The molecule has 0 aliphatic carbocycles. The van der Waals surface area contributed by atoms with E-state index in [1.807, 2.05) is 16.5 Å². The minimum absolute atomic E-state index is 0.250. The Kier molecular flexibility index (Phi) is 4.83. The summed E-state index contributed by atoms with van der Waals surface area (Å²) in [5.74, 6) is 0.250. The minimum atomic E-state index is -0.537. The van der Waals surface area contributed by atoms with Gasteiger partial charge in [0, 0.05) is 0 Å². The third-order valence-corrected chi connectivity index (χ3v) is 3.94. The summed E-state index contributed by atoms with van der Waals surface area (Å²) >= 11 is 6.29. The van der Waals surface area contributed by atoms with Crippen LogP contribution in [-0.4, -0.2) is 14.5 Å². The van der Waals surface area contributed by atoms with Gasteiger partial charge in [-0.25, -0.2) is 4.98 Å². The Balaban J connectivity index is 2.40. The van der Waals surface area contributed by atoms with Crippen molar-refractivity contribution in [2.24, 2.45) is 5.92 Å². The molecular formula is C15H21ClN2O. The van der Waals surface area contributed by atoms with Gasteiger partial charge in [0.2, 0.25) is 0 Å². The third-order valence-electron chi connectivity index (χ3n) is 3.62. The number of halogens is 1. The van der Waals surface area contributed by atoms with Crippen LogP contribution in [0.4, 0.5) is 0 Å². The van der Waals surface area contributed by atoms with Crippen LogP contribution in [0.1, 0.15) is 51.3 Å². The predicted molar refractivity (Wildman–Crippen MR) is 78.5 cm³/mol. The van der Waals surface area contributed by atoms with E-state index in [-0.39, 0.29) is 5.92 Å². The lowest BCUT2D eigenvalue weighted by Crippen LogP contribution is -2.16. The van der Waals surface area contributed by atoms with E-state index in [2.05, 4.69) is 18.8 Å². The zero-order valence-electron chi connectivity index (χ0n) is 11.5. The van der Waals surface area contributed by atoms with Crippen molar-refractivity contribution in [2.45, 2.75) is 45.6 Å². The minimum Gasteiger partial charge on any atom is -0.387 e. The molecule has 1 atom stereocenters. The predicted octanol–water partition coefficient (Wildman–Crippen LogP) is 4.24. The molecule has 2 rings (SSSR count). The molecule has 0 saturated carbocycles. The molecule has 104 valence electrons. The van der Waals surface area contributed by atoms with Crippen molar-refractivity contribution in [1.82, 2.24) is 9.38 Å². The van der Waals surface area contributed by atoms with Crippen molar-refractivity contribution >= 4 is 17.1 Å². The molecule has 1 unspecified atom stereocenters. The number of pyridine rings is 1. The molecule has 2 aromatic heterocycles. The SMILES string of the molecule is CCCC(CCC)C(O)c1c(Cl)ccc2cncn12. The van der Waals surface area contributed by atoms with Crippen LogP contribution in [0.2, 0.25) is 5.02 Å². The Hall–Kier alpha value is -1.06. The maximum Gasteiger partial charge on any atom is 0.0995 e. The van der Waals surface area contributed by atoms with E-state index in [1.165, 1.54) is 0 Å². The monoisotopic (exact) mass is 280 g/mol. The lowest BCUT2D eigenvalue weighted by molar-refractivity contribution is 0.0915. The van der Waals surface area contributed by atoms with Crippen LogP contribution in [0.25, 0.3) is 5.52 Å². The highest BCUT2D eigenvalue weighted by atomic mass is 35.5. The summed E-state index contributed by atoms with van der Waals surface area (Å²) in [7, 11) is 0. The van der Waals surface area contributed by atoms with Gasteiger partial charge in [-0.15, -0.1) is 0 Å². The van der Waals surface area contributed by atoms with Crippen molar-refractivity contribution in [3.63, 3.8) is 0 Å². The summed E-state index contributed by atoms with van der Waals surface area (Å²) in [6.45, 7) is 4.30. The average Bonchev–Trinajstić information content (AvgIpc) is 2.86. The highest BCUT2D eigenvalue weighted by Gasteiger charge is 2.24. The first-order valence-electron chi connectivity index (χ1n) is 6.97. The highest BCUT2D eigenvalue weighted by Crippen LogP contribution is 2.33. The quantitative estimate of drug-likeness (QED) is 0.859. The van der Waals surface area contributed by atoms with Crippen molar-refractivity contribution in [1.29, 1.82) is 0 Å². The van der Waals surface area contributed by atoms with Gasteiger partial charge in [0.25, 0.3) is 0 Å². The third kappa shape index (κ3) is 2.93. The van der Waals surface area contributed by atoms with Gasteiger partial charge in [-0.2, -0.15) is 0 Å². The molecule has 0 bridgehead atoms. The Bertz CT molecular complexity index is 532. The summed E-state index contributed by atoms with van der Waals surface area (Å²) in [6, 6.07) is 3.76. The second-order valence-corrected chi connectivity index (χ2v) is 5.44. The number of nitrogens with zero attached hydrogens (tertiary/aromatic N) is 2. The maximum atomic E-state index is 10.7. The molecule has 0 aromatic carbocycles. The Labute approximate surface area is 119 Å². The van der Waals surface area contributed by atoms with Crippen molar-refractivity contribution < 1.29 is 5.11 Å². The van der Waals surface area contributed by atoms with Crippen LogP contribution >= 0.6 is 11.6 Å². The molecule has 19 heavy (non-hydrogen) atoms. The molecular weight excluding hydrogens is 260 g/mol. The average molecular weight is 281 g/mol. The number of hydrogen-bond donors (Lipinski definition) is 1. The van der Waals surface area contributed by atoms with Crippen LogP contribution in [0, 0.1) is 5.92 Å². The fraction of sp³-hybridized carbons (Fsp3) is 0.533. The Morgan fingerprint density at radius 1 is 1.26 bits per heavy atom. The van der Waals surface area contributed by atoms with Gasteiger partial charge in [-0.1, -0.05) is 38.3 Å². The molecule has 0 fully saturated rings. The van der Waals surface area contributed by atoms with Crippen LogP contribution in [0.3, 0.4) is 0 Å². The highest BCUT2D eigenvalue weighted by molar-refractivity contribution is 6.31. The summed E-state index contributed by atoms with van der Waals surface area (Å²) in [5.41, 5.74) is 1.73. The van der Waals surface area contributed by atoms with Gasteiger partial charge in [-0.3, -0.25) is 4.40 Å². The normalized spacial score (nSPS) is 13.3. The maximum absolute atomic E-state index is 10.7. The van der Waals surface area contributed by atoms with E-state index in [0.717, 1.165) is 36.9 Å². The van der Waals surface area contributed by atoms with Gasteiger partial charge >= 0.3 is 0 Å². The first-order valence-corrected chi connectivity index (χ1v) is 7.35. The van der Waals surface area contributed by atoms with Crippen molar-refractivity contribution in [3.05, 3.63) is 35.4 Å². The van der Waals surface area contributed by atoms with E-state index in [4.69, 9.17) is 11.6 Å². The van der Waals surface area contributed by atoms with Crippen molar-refractivity contribution in [2.75, 3.05) is 0 Å². The second kappa shape index (κ2) is 6.40. The fourth-order valence-corrected chi connectivity index (χ4v) is 2.96. The van der Waals surface area contributed by atoms with E-state index in [0.29, 0.717) is 5.02 Å².